The van der Waals surface area contributed by atoms with E-state index in [1.165, 1.54) is 64.7 Å². The van der Waals surface area contributed by atoms with Gasteiger partial charge < -0.3 is 4.42 Å². The van der Waals surface area contributed by atoms with Crippen molar-refractivity contribution in [1.82, 2.24) is 0 Å². The van der Waals surface area contributed by atoms with Crippen molar-refractivity contribution >= 4 is 53.4 Å². The van der Waals surface area contributed by atoms with E-state index < -0.39 is 0 Å². The molecule has 0 aliphatic carbocycles. The standard InChI is InChI=1S/C54H34OS/c1-2-12-35(13-3-1)36-28-30-37(31-29-36)38-14-6-17-41(32-38)44-21-9-24-48-49-25-10-22-45(53(49)55-52(44)48)42-18-7-15-39(33-42)40-16-8-19-43(34-40)46-23-11-26-50-47-20-4-5-27-51(47)56-54(46)50/h1-34H. The molecule has 2 aromatic heterocycles. The molecule has 11 aromatic rings. The molecule has 0 radical (unpaired) electrons. The molecule has 0 fully saturated rings. The summed E-state index contributed by atoms with van der Waals surface area (Å²) in [5, 5.41) is 4.88. The lowest BCUT2D eigenvalue weighted by Crippen LogP contribution is -1.84. The highest BCUT2D eigenvalue weighted by atomic mass is 32.1. The lowest BCUT2D eigenvalue weighted by molar-refractivity contribution is 0.671. The van der Waals surface area contributed by atoms with Gasteiger partial charge in [0.1, 0.15) is 11.2 Å². The highest BCUT2D eigenvalue weighted by Crippen LogP contribution is 2.43. The van der Waals surface area contributed by atoms with Crippen molar-refractivity contribution in [2.75, 3.05) is 0 Å². The maximum absolute atomic E-state index is 6.92. The van der Waals surface area contributed by atoms with E-state index in [9.17, 15) is 0 Å². The Labute approximate surface area is 329 Å². The van der Waals surface area contributed by atoms with Gasteiger partial charge in [-0.2, -0.15) is 0 Å². The Morgan fingerprint density at radius 1 is 0.268 bits per heavy atom. The molecule has 0 amide bonds. The van der Waals surface area contributed by atoms with Gasteiger partial charge in [-0.1, -0.05) is 182 Å². The average Bonchev–Trinajstić information content (AvgIpc) is 3.86. The molecule has 0 saturated heterocycles. The van der Waals surface area contributed by atoms with Crippen molar-refractivity contribution in [3.63, 3.8) is 0 Å². The summed E-state index contributed by atoms with van der Waals surface area (Å²) in [6.07, 6.45) is 0. The smallest absolute Gasteiger partial charge is 0.143 e. The molecule has 0 unspecified atom stereocenters. The highest BCUT2D eigenvalue weighted by molar-refractivity contribution is 7.26. The Kier molecular flexibility index (Phi) is 7.75. The Morgan fingerprint density at radius 3 is 1.27 bits per heavy atom. The summed E-state index contributed by atoms with van der Waals surface area (Å²) in [5.74, 6) is 0. The monoisotopic (exact) mass is 730 g/mol. The first-order chi connectivity index (χ1) is 27.7. The van der Waals surface area contributed by atoms with Crippen LogP contribution in [-0.4, -0.2) is 0 Å². The molecule has 0 N–H and O–H groups in total. The maximum atomic E-state index is 6.92. The van der Waals surface area contributed by atoms with Crippen LogP contribution in [0.1, 0.15) is 0 Å². The minimum absolute atomic E-state index is 0.907. The van der Waals surface area contributed by atoms with E-state index in [1.54, 1.807) is 0 Å². The van der Waals surface area contributed by atoms with E-state index in [4.69, 9.17) is 4.42 Å². The number of benzene rings is 9. The number of rotatable bonds is 6. The van der Waals surface area contributed by atoms with Crippen molar-refractivity contribution in [3.8, 4) is 66.8 Å². The van der Waals surface area contributed by atoms with E-state index in [2.05, 4.69) is 206 Å². The molecular weight excluding hydrogens is 697 g/mol. The minimum Gasteiger partial charge on any atom is -0.455 e. The molecule has 1 nitrogen and oxygen atoms in total. The first kappa shape index (κ1) is 32.4. The second kappa shape index (κ2) is 13.4. The Bertz CT molecular complexity index is 3240. The van der Waals surface area contributed by atoms with Crippen LogP contribution in [0.15, 0.2) is 211 Å². The molecule has 2 heteroatoms. The molecule has 0 aliphatic rings. The van der Waals surface area contributed by atoms with E-state index >= 15 is 0 Å². The Morgan fingerprint density at radius 2 is 0.661 bits per heavy atom. The van der Waals surface area contributed by atoms with Gasteiger partial charge in [-0.15, -0.1) is 11.3 Å². The third kappa shape index (κ3) is 5.54. The molecule has 262 valence electrons. The fourth-order valence-electron chi connectivity index (χ4n) is 8.33. The Balaban J connectivity index is 0.959. The summed E-state index contributed by atoms with van der Waals surface area (Å²) in [6, 6.07) is 74.4. The third-order valence-electron chi connectivity index (χ3n) is 11.1. The molecule has 2 heterocycles. The fraction of sp³-hybridized carbons (Fsp3) is 0. The summed E-state index contributed by atoms with van der Waals surface area (Å²) in [5.41, 5.74) is 15.9. The largest absolute Gasteiger partial charge is 0.455 e. The summed E-state index contributed by atoms with van der Waals surface area (Å²) in [7, 11) is 0. The molecule has 0 saturated carbocycles. The first-order valence-corrected chi connectivity index (χ1v) is 19.9. The van der Waals surface area contributed by atoms with Crippen LogP contribution >= 0.6 is 11.3 Å². The van der Waals surface area contributed by atoms with Crippen LogP contribution in [0, 0.1) is 0 Å². The molecule has 0 bridgehead atoms. The van der Waals surface area contributed by atoms with Crippen molar-refractivity contribution in [3.05, 3.63) is 206 Å². The number of fused-ring (bicyclic) bond motifs is 6. The maximum Gasteiger partial charge on any atom is 0.143 e. The topological polar surface area (TPSA) is 13.1 Å². The molecule has 0 aliphatic heterocycles. The number of para-hydroxylation sites is 2. The summed E-state index contributed by atoms with van der Waals surface area (Å²) < 4.78 is 9.58. The van der Waals surface area contributed by atoms with Gasteiger partial charge in [0.2, 0.25) is 0 Å². The first-order valence-electron chi connectivity index (χ1n) is 19.1. The van der Waals surface area contributed by atoms with E-state index in [1.807, 2.05) is 11.3 Å². The average molecular weight is 731 g/mol. The van der Waals surface area contributed by atoms with Gasteiger partial charge in [0.05, 0.1) is 0 Å². The lowest BCUT2D eigenvalue weighted by atomic mass is 9.95. The summed E-state index contributed by atoms with van der Waals surface area (Å²) >= 11 is 1.88. The SMILES string of the molecule is c1ccc(-c2ccc(-c3cccc(-c4cccc5c4oc4c(-c6cccc(-c7cccc(-c8cccc9c8sc8ccccc89)c7)c6)cccc45)c3)cc2)cc1. The van der Waals surface area contributed by atoms with Gasteiger partial charge in [0.25, 0.3) is 0 Å². The molecule has 0 atom stereocenters. The van der Waals surface area contributed by atoms with Gasteiger partial charge in [-0.05, 0) is 79.9 Å². The second-order valence-electron chi connectivity index (χ2n) is 14.4. The molecule has 56 heavy (non-hydrogen) atoms. The molecule has 0 spiro atoms. The van der Waals surface area contributed by atoms with Crippen molar-refractivity contribution < 1.29 is 4.42 Å². The van der Waals surface area contributed by atoms with Gasteiger partial charge in [0.15, 0.2) is 0 Å². The Hall–Kier alpha value is -7.00. The predicted molar refractivity (Wildman–Crippen MR) is 239 cm³/mol. The third-order valence-corrected chi connectivity index (χ3v) is 12.3. The van der Waals surface area contributed by atoms with E-state index in [-0.39, 0.29) is 0 Å². The van der Waals surface area contributed by atoms with Crippen molar-refractivity contribution in [1.29, 1.82) is 0 Å². The van der Waals surface area contributed by atoms with E-state index in [0.29, 0.717) is 0 Å². The zero-order valence-corrected chi connectivity index (χ0v) is 31.3. The van der Waals surface area contributed by atoms with Crippen LogP contribution in [0.3, 0.4) is 0 Å². The highest BCUT2D eigenvalue weighted by Gasteiger charge is 2.17. The normalized spacial score (nSPS) is 11.6. The van der Waals surface area contributed by atoms with E-state index in [0.717, 1.165) is 44.2 Å². The van der Waals surface area contributed by atoms with Crippen molar-refractivity contribution in [2.45, 2.75) is 0 Å². The zero-order chi connectivity index (χ0) is 37.0. The number of furan rings is 1. The quantitative estimate of drug-likeness (QED) is 0.166. The predicted octanol–water partition coefficient (Wildman–Crippen LogP) is 16.0. The number of hydrogen-bond acceptors (Lipinski definition) is 2. The lowest BCUT2D eigenvalue weighted by Gasteiger charge is -2.10. The minimum atomic E-state index is 0.907. The van der Waals surface area contributed by atoms with Crippen LogP contribution in [0.4, 0.5) is 0 Å². The van der Waals surface area contributed by atoms with Gasteiger partial charge in [-0.3, -0.25) is 0 Å². The zero-order valence-electron chi connectivity index (χ0n) is 30.4. The molecular formula is C54H34OS. The van der Waals surface area contributed by atoms with Crippen LogP contribution in [0.2, 0.25) is 0 Å². The molecule has 9 aromatic carbocycles. The number of thiophene rings is 1. The number of hydrogen-bond donors (Lipinski definition) is 0. The van der Waals surface area contributed by atoms with Crippen LogP contribution < -0.4 is 0 Å². The van der Waals surface area contributed by atoms with Gasteiger partial charge in [-0.25, -0.2) is 0 Å². The van der Waals surface area contributed by atoms with Crippen LogP contribution in [-0.2, 0) is 0 Å². The van der Waals surface area contributed by atoms with Crippen molar-refractivity contribution in [2.24, 2.45) is 0 Å². The summed E-state index contributed by atoms with van der Waals surface area (Å²) in [4.78, 5) is 0. The molecule has 11 rings (SSSR count). The van der Waals surface area contributed by atoms with Crippen LogP contribution in [0.5, 0.6) is 0 Å². The van der Waals surface area contributed by atoms with Gasteiger partial charge >= 0.3 is 0 Å². The second-order valence-corrected chi connectivity index (χ2v) is 15.5. The fourth-order valence-corrected chi connectivity index (χ4v) is 9.57. The van der Waals surface area contributed by atoms with Gasteiger partial charge in [0, 0.05) is 42.1 Å². The summed E-state index contributed by atoms with van der Waals surface area (Å²) in [6.45, 7) is 0. The van der Waals surface area contributed by atoms with Crippen LogP contribution in [0.25, 0.3) is 109 Å².